The van der Waals surface area contributed by atoms with Crippen LogP contribution < -0.4 is 5.56 Å². The van der Waals surface area contributed by atoms with Crippen LogP contribution in [0.5, 0.6) is 0 Å². The highest BCUT2D eigenvalue weighted by Gasteiger charge is 2.27. The Morgan fingerprint density at radius 3 is 2.71 bits per heavy atom. The van der Waals surface area contributed by atoms with Crippen molar-refractivity contribution in [2.75, 3.05) is 46.8 Å². The predicted octanol–water partition coefficient (Wildman–Crippen LogP) is 0.873. The molecular formula is C18H30N4O2. The molecule has 1 aliphatic heterocycles. The quantitative estimate of drug-likeness (QED) is 0.743. The molecule has 1 saturated heterocycles. The molecule has 0 unspecified atom stereocenters. The van der Waals surface area contributed by atoms with Crippen molar-refractivity contribution in [1.29, 1.82) is 0 Å². The van der Waals surface area contributed by atoms with E-state index in [0.717, 1.165) is 32.6 Å². The summed E-state index contributed by atoms with van der Waals surface area (Å²) < 4.78 is 1.48. The maximum atomic E-state index is 12.9. The van der Waals surface area contributed by atoms with Crippen LogP contribution in [-0.2, 0) is 7.05 Å². The van der Waals surface area contributed by atoms with Crippen LogP contribution in [0.15, 0.2) is 23.1 Å². The summed E-state index contributed by atoms with van der Waals surface area (Å²) >= 11 is 0. The van der Waals surface area contributed by atoms with Crippen molar-refractivity contribution in [2.24, 2.45) is 7.05 Å². The molecule has 1 aliphatic rings. The number of aryl methyl sites for hydroxylation is 1. The largest absolute Gasteiger partial charge is 0.336 e. The summed E-state index contributed by atoms with van der Waals surface area (Å²) in [5.41, 5.74) is 0.336. The van der Waals surface area contributed by atoms with E-state index in [1.54, 1.807) is 19.3 Å². The minimum absolute atomic E-state index is 0.0440. The summed E-state index contributed by atoms with van der Waals surface area (Å²) in [5, 5.41) is 0. The summed E-state index contributed by atoms with van der Waals surface area (Å²) in [7, 11) is 5.71. The Morgan fingerprint density at radius 1 is 1.33 bits per heavy atom. The minimum atomic E-state index is -0.149. The van der Waals surface area contributed by atoms with E-state index < -0.39 is 0 Å². The number of nitrogens with zero attached hydrogens (tertiary/aromatic N) is 4. The third-order valence-corrected chi connectivity index (χ3v) is 4.79. The molecule has 1 aromatic rings. The van der Waals surface area contributed by atoms with Gasteiger partial charge in [-0.2, -0.15) is 0 Å². The summed E-state index contributed by atoms with van der Waals surface area (Å²) in [5.74, 6) is -0.0440. The summed E-state index contributed by atoms with van der Waals surface area (Å²) in [6.07, 6.45) is 3.99. The molecule has 0 N–H and O–H groups in total. The van der Waals surface area contributed by atoms with E-state index in [0.29, 0.717) is 18.2 Å². The zero-order valence-electron chi connectivity index (χ0n) is 15.4. The minimum Gasteiger partial charge on any atom is -0.336 e. The zero-order valence-corrected chi connectivity index (χ0v) is 15.4. The number of hydrogen-bond acceptors (Lipinski definition) is 4. The van der Waals surface area contributed by atoms with Gasteiger partial charge >= 0.3 is 0 Å². The lowest BCUT2D eigenvalue weighted by molar-refractivity contribution is 0.0694. The Bertz CT molecular complexity index is 611. The van der Waals surface area contributed by atoms with E-state index in [9.17, 15) is 9.59 Å². The highest BCUT2D eigenvalue weighted by molar-refractivity contribution is 5.94. The number of carbonyl (C=O) groups excluding carboxylic acids is 1. The van der Waals surface area contributed by atoms with Crippen LogP contribution >= 0.6 is 0 Å². The molecular weight excluding hydrogens is 304 g/mol. The third-order valence-electron chi connectivity index (χ3n) is 4.79. The second-order valence-corrected chi connectivity index (χ2v) is 6.84. The lowest BCUT2D eigenvalue weighted by Crippen LogP contribution is -2.45. The van der Waals surface area contributed by atoms with Crippen molar-refractivity contribution in [2.45, 2.75) is 25.8 Å². The molecule has 134 valence electrons. The third kappa shape index (κ3) is 4.68. The second-order valence-electron chi connectivity index (χ2n) is 6.84. The summed E-state index contributed by atoms with van der Waals surface area (Å²) in [6, 6.07) is 3.60. The Kier molecular flexibility index (Phi) is 6.57. The van der Waals surface area contributed by atoms with Crippen LogP contribution in [0, 0.1) is 0 Å². The Labute approximate surface area is 144 Å². The van der Waals surface area contributed by atoms with Gasteiger partial charge in [-0.05, 0) is 46.1 Å². The zero-order chi connectivity index (χ0) is 17.7. The standard InChI is InChI=1S/C18H30N4O2/c1-5-21-9-6-7-16(21)14-22(12-11-19(2)3)18(24)15-8-10-20(4)17(23)13-15/h8,10,13,16H,5-7,9,11-12,14H2,1-4H3/t16-/m0/s1. The normalized spacial score (nSPS) is 18.3. The van der Waals surface area contributed by atoms with Crippen LogP contribution in [0.4, 0.5) is 0 Å². The van der Waals surface area contributed by atoms with Crippen molar-refractivity contribution in [3.05, 3.63) is 34.2 Å². The second kappa shape index (κ2) is 8.44. The number of carbonyl (C=O) groups is 1. The van der Waals surface area contributed by atoms with E-state index in [4.69, 9.17) is 0 Å². The molecule has 1 aromatic heterocycles. The molecule has 6 nitrogen and oxygen atoms in total. The molecule has 0 aromatic carbocycles. The van der Waals surface area contributed by atoms with E-state index >= 15 is 0 Å². The van der Waals surface area contributed by atoms with Crippen molar-refractivity contribution in [3.63, 3.8) is 0 Å². The monoisotopic (exact) mass is 334 g/mol. The molecule has 0 spiro atoms. The first-order valence-corrected chi connectivity index (χ1v) is 8.77. The van der Waals surface area contributed by atoms with Crippen molar-refractivity contribution in [3.8, 4) is 0 Å². The van der Waals surface area contributed by atoms with Crippen LogP contribution in [-0.4, -0.2) is 78.0 Å². The van der Waals surface area contributed by atoms with Crippen molar-refractivity contribution < 1.29 is 4.79 Å². The Balaban J connectivity index is 2.16. The number of amides is 1. The van der Waals surface area contributed by atoms with Gasteiger partial charge in [-0.1, -0.05) is 6.92 Å². The maximum Gasteiger partial charge on any atom is 0.254 e. The molecule has 0 radical (unpaired) electrons. The van der Waals surface area contributed by atoms with Gasteiger partial charge in [-0.3, -0.25) is 14.5 Å². The Hall–Kier alpha value is -1.66. The van der Waals surface area contributed by atoms with Gasteiger partial charge in [0.05, 0.1) is 0 Å². The van der Waals surface area contributed by atoms with E-state index in [1.165, 1.54) is 17.1 Å². The van der Waals surface area contributed by atoms with Gasteiger partial charge in [0.15, 0.2) is 0 Å². The highest BCUT2D eigenvalue weighted by atomic mass is 16.2. The number of pyridine rings is 1. The van der Waals surface area contributed by atoms with Crippen molar-refractivity contribution >= 4 is 5.91 Å². The predicted molar refractivity (Wildman–Crippen MR) is 96.4 cm³/mol. The average molecular weight is 334 g/mol. The lowest BCUT2D eigenvalue weighted by atomic mass is 10.1. The number of hydrogen-bond donors (Lipinski definition) is 0. The fourth-order valence-corrected chi connectivity index (χ4v) is 3.23. The van der Waals surface area contributed by atoms with Gasteiger partial charge in [0.25, 0.3) is 11.5 Å². The molecule has 1 amide bonds. The fourth-order valence-electron chi connectivity index (χ4n) is 3.23. The van der Waals surface area contributed by atoms with Gasteiger partial charge in [0.1, 0.15) is 0 Å². The van der Waals surface area contributed by atoms with Crippen LogP contribution in [0.25, 0.3) is 0 Å². The van der Waals surface area contributed by atoms with Crippen molar-refractivity contribution in [1.82, 2.24) is 19.3 Å². The summed E-state index contributed by atoms with van der Waals surface area (Å²) in [4.78, 5) is 31.2. The number of likely N-dealkylation sites (tertiary alicyclic amines) is 1. The smallest absolute Gasteiger partial charge is 0.254 e. The number of likely N-dealkylation sites (N-methyl/N-ethyl adjacent to an activating group) is 2. The Morgan fingerprint density at radius 2 is 2.08 bits per heavy atom. The van der Waals surface area contributed by atoms with E-state index in [2.05, 4.69) is 16.7 Å². The van der Waals surface area contributed by atoms with Gasteiger partial charge in [0.2, 0.25) is 0 Å². The fraction of sp³-hybridized carbons (Fsp3) is 0.667. The van der Waals surface area contributed by atoms with Gasteiger partial charge in [-0.25, -0.2) is 0 Å². The van der Waals surface area contributed by atoms with Gasteiger partial charge < -0.3 is 14.4 Å². The molecule has 24 heavy (non-hydrogen) atoms. The molecule has 1 atom stereocenters. The molecule has 0 bridgehead atoms. The molecule has 1 fully saturated rings. The molecule has 0 aliphatic carbocycles. The van der Waals surface area contributed by atoms with Gasteiger partial charge in [-0.15, -0.1) is 0 Å². The van der Waals surface area contributed by atoms with E-state index in [1.807, 2.05) is 19.0 Å². The first-order valence-electron chi connectivity index (χ1n) is 8.77. The topological polar surface area (TPSA) is 48.8 Å². The van der Waals surface area contributed by atoms with Crippen LogP contribution in [0.3, 0.4) is 0 Å². The number of rotatable bonds is 7. The first-order chi connectivity index (χ1) is 11.4. The molecule has 2 heterocycles. The maximum absolute atomic E-state index is 12.9. The van der Waals surface area contributed by atoms with Crippen LogP contribution in [0.1, 0.15) is 30.1 Å². The van der Waals surface area contributed by atoms with Crippen LogP contribution in [0.2, 0.25) is 0 Å². The highest BCUT2D eigenvalue weighted by Crippen LogP contribution is 2.18. The van der Waals surface area contributed by atoms with E-state index in [-0.39, 0.29) is 11.5 Å². The SMILES string of the molecule is CCN1CCC[C@H]1CN(CCN(C)C)C(=O)c1ccn(C)c(=O)c1. The molecule has 2 rings (SSSR count). The summed E-state index contributed by atoms with van der Waals surface area (Å²) in [6.45, 7) is 6.53. The first kappa shape index (κ1) is 18.7. The number of aromatic nitrogens is 1. The molecule has 0 saturated carbocycles. The molecule has 6 heteroatoms. The van der Waals surface area contributed by atoms with Gasteiger partial charge in [0, 0.05) is 50.6 Å². The lowest BCUT2D eigenvalue weighted by Gasteiger charge is -2.31. The average Bonchev–Trinajstić information content (AvgIpc) is 3.00.